The third-order valence-electron chi connectivity index (χ3n) is 5.08. The lowest BCUT2D eigenvalue weighted by molar-refractivity contribution is 0.0526. The zero-order valence-electron chi connectivity index (χ0n) is 15.2. The van der Waals surface area contributed by atoms with Gasteiger partial charge in [0.05, 0.1) is 0 Å². The molecule has 2 aromatic rings. The molecule has 0 saturated carbocycles. The molecule has 0 amide bonds. The van der Waals surface area contributed by atoms with Crippen molar-refractivity contribution in [1.82, 2.24) is 19.6 Å². The summed E-state index contributed by atoms with van der Waals surface area (Å²) >= 11 is 0. The van der Waals surface area contributed by atoms with Gasteiger partial charge in [0.1, 0.15) is 0 Å². The Morgan fingerprint density at radius 1 is 1.16 bits per heavy atom. The smallest absolute Gasteiger partial charge is 0.0489 e. The molecule has 1 fully saturated rings. The molecular formula is C20H30N4O. The first-order valence-corrected chi connectivity index (χ1v) is 9.35. The highest BCUT2D eigenvalue weighted by Gasteiger charge is 2.26. The van der Waals surface area contributed by atoms with Crippen molar-refractivity contribution in [3.05, 3.63) is 53.9 Å². The van der Waals surface area contributed by atoms with E-state index < -0.39 is 0 Å². The summed E-state index contributed by atoms with van der Waals surface area (Å²) in [5.41, 5.74) is 2.67. The zero-order chi connectivity index (χ0) is 17.5. The van der Waals surface area contributed by atoms with Crippen LogP contribution in [0.25, 0.3) is 0 Å². The molecular weight excluding hydrogens is 312 g/mol. The predicted molar refractivity (Wildman–Crippen MR) is 100 cm³/mol. The van der Waals surface area contributed by atoms with Gasteiger partial charge in [0, 0.05) is 64.3 Å². The lowest BCUT2D eigenvalue weighted by atomic mass is 10.1. The molecule has 0 aliphatic carbocycles. The summed E-state index contributed by atoms with van der Waals surface area (Å²) in [5, 5.41) is 13.7. The average molecular weight is 342 g/mol. The number of piperazine rings is 1. The second kappa shape index (κ2) is 9.13. The Morgan fingerprint density at radius 3 is 2.72 bits per heavy atom. The summed E-state index contributed by atoms with van der Waals surface area (Å²) in [6.45, 7) is 8.66. The van der Waals surface area contributed by atoms with Crippen molar-refractivity contribution in [2.75, 3.05) is 32.8 Å². The zero-order valence-corrected chi connectivity index (χ0v) is 15.2. The molecule has 1 aromatic carbocycles. The van der Waals surface area contributed by atoms with E-state index in [0.29, 0.717) is 6.04 Å². The normalized spacial score (nSPS) is 19.4. The molecule has 136 valence electrons. The van der Waals surface area contributed by atoms with E-state index in [-0.39, 0.29) is 6.61 Å². The van der Waals surface area contributed by atoms with Crippen molar-refractivity contribution < 1.29 is 5.11 Å². The van der Waals surface area contributed by atoms with E-state index >= 15 is 0 Å². The summed E-state index contributed by atoms with van der Waals surface area (Å²) in [6.07, 6.45) is 5.82. The first-order valence-electron chi connectivity index (χ1n) is 9.35. The molecule has 1 N–H and O–H groups in total. The van der Waals surface area contributed by atoms with Gasteiger partial charge in [-0.05, 0) is 31.4 Å². The van der Waals surface area contributed by atoms with Crippen molar-refractivity contribution in [1.29, 1.82) is 0 Å². The molecule has 1 aromatic heterocycles. The highest BCUT2D eigenvalue weighted by atomic mass is 16.3. The molecule has 1 saturated heterocycles. The minimum absolute atomic E-state index is 0.260. The molecule has 1 atom stereocenters. The molecule has 0 unspecified atom stereocenters. The Morgan fingerprint density at radius 2 is 2.00 bits per heavy atom. The van der Waals surface area contributed by atoms with E-state index in [1.165, 1.54) is 11.1 Å². The van der Waals surface area contributed by atoms with Crippen LogP contribution in [0.3, 0.4) is 0 Å². The number of aliphatic hydroxyl groups is 1. The average Bonchev–Trinajstić information content (AvgIpc) is 3.13. The molecule has 0 radical (unpaired) electrons. The SMILES string of the molecule is Cc1ccc(CN2CCN(CCCn3cccn3)C[C@@H]2CCO)cc1. The van der Waals surface area contributed by atoms with Gasteiger partial charge in [0.25, 0.3) is 0 Å². The van der Waals surface area contributed by atoms with Crippen molar-refractivity contribution in [3.8, 4) is 0 Å². The first kappa shape index (κ1) is 18.1. The fourth-order valence-electron chi connectivity index (χ4n) is 3.61. The van der Waals surface area contributed by atoms with Crippen LogP contribution in [0.15, 0.2) is 42.7 Å². The fraction of sp³-hybridized carbons (Fsp3) is 0.550. The quantitative estimate of drug-likeness (QED) is 0.798. The molecule has 0 spiro atoms. The highest BCUT2D eigenvalue weighted by Crippen LogP contribution is 2.17. The van der Waals surface area contributed by atoms with Crippen LogP contribution in [-0.2, 0) is 13.1 Å². The van der Waals surface area contributed by atoms with Crippen LogP contribution in [0.5, 0.6) is 0 Å². The number of aliphatic hydroxyl groups excluding tert-OH is 1. The van der Waals surface area contributed by atoms with Gasteiger partial charge in [0.2, 0.25) is 0 Å². The van der Waals surface area contributed by atoms with Gasteiger partial charge in [-0.25, -0.2) is 0 Å². The van der Waals surface area contributed by atoms with Crippen molar-refractivity contribution >= 4 is 0 Å². The Labute approximate surface area is 150 Å². The molecule has 2 heterocycles. The number of nitrogens with zero attached hydrogens (tertiary/aromatic N) is 4. The van der Waals surface area contributed by atoms with Crippen LogP contribution in [0.2, 0.25) is 0 Å². The second-order valence-electron chi connectivity index (χ2n) is 7.05. The maximum Gasteiger partial charge on any atom is 0.0489 e. The molecule has 5 nitrogen and oxygen atoms in total. The highest BCUT2D eigenvalue weighted by molar-refractivity contribution is 5.21. The number of aryl methyl sites for hydroxylation is 2. The lowest BCUT2D eigenvalue weighted by Gasteiger charge is -2.41. The van der Waals surface area contributed by atoms with Crippen LogP contribution >= 0.6 is 0 Å². The monoisotopic (exact) mass is 342 g/mol. The number of hydrogen-bond donors (Lipinski definition) is 1. The standard InChI is InChI=1S/C20H30N4O/c1-18-4-6-19(7-5-18)16-23-14-13-22(17-20(23)8-15-25)10-3-12-24-11-2-9-21-24/h2,4-7,9,11,20,25H,3,8,10,12-17H2,1H3/t20-/m0/s1. The minimum Gasteiger partial charge on any atom is -0.396 e. The molecule has 25 heavy (non-hydrogen) atoms. The summed E-state index contributed by atoms with van der Waals surface area (Å²) < 4.78 is 2.00. The van der Waals surface area contributed by atoms with Crippen LogP contribution in [0.1, 0.15) is 24.0 Å². The lowest BCUT2D eigenvalue weighted by Crippen LogP contribution is -2.53. The molecule has 5 heteroatoms. The number of aromatic nitrogens is 2. The number of hydrogen-bond acceptors (Lipinski definition) is 4. The Balaban J connectivity index is 1.50. The Kier molecular flexibility index (Phi) is 6.62. The molecule has 1 aliphatic rings. The van der Waals surface area contributed by atoms with Crippen LogP contribution in [-0.4, -0.2) is 63.5 Å². The van der Waals surface area contributed by atoms with E-state index in [4.69, 9.17) is 0 Å². The third kappa shape index (κ3) is 5.39. The summed E-state index contributed by atoms with van der Waals surface area (Å²) in [7, 11) is 0. The van der Waals surface area contributed by atoms with E-state index in [9.17, 15) is 5.11 Å². The third-order valence-corrected chi connectivity index (χ3v) is 5.08. The van der Waals surface area contributed by atoms with Crippen LogP contribution < -0.4 is 0 Å². The van der Waals surface area contributed by atoms with Gasteiger partial charge in [-0.3, -0.25) is 9.58 Å². The maximum atomic E-state index is 9.47. The van der Waals surface area contributed by atoms with Crippen molar-refractivity contribution in [2.24, 2.45) is 0 Å². The van der Waals surface area contributed by atoms with Crippen molar-refractivity contribution in [2.45, 2.75) is 38.9 Å². The van der Waals surface area contributed by atoms with Gasteiger partial charge < -0.3 is 10.0 Å². The molecule has 1 aliphatic heterocycles. The largest absolute Gasteiger partial charge is 0.396 e. The van der Waals surface area contributed by atoms with Gasteiger partial charge in [-0.1, -0.05) is 29.8 Å². The van der Waals surface area contributed by atoms with E-state index in [1.54, 1.807) is 0 Å². The van der Waals surface area contributed by atoms with Gasteiger partial charge in [-0.15, -0.1) is 0 Å². The fourth-order valence-corrected chi connectivity index (χ4v) is 3.61. The maximum absolute atomic E-state index is 9.47. The number of rotatable bonds is 8. The van der Waals surface area contributed by atoms with Crippen LogP contribution in [0, 0.1) is 6.92 Å². The topological polar surface area (TPSA) is 44.5 Å². The summed E-state index contributed by atoms with van der Waals surface area (Å²) in [6, 6.07) is 11.2. The minimum atomic E-state index is 0.260. The summed E-state index contributed by atoms with van der Waals surface area (Å²) in [5.74, 6) is 0. The first-order chi connectivity index (χ1) is 12.2. The second-order valence-corrected chi connectivity index (χ2v) is 7.05. The van der Waals surface area contributed by atoms with Gasteiger partial charge in [0.15, 0.2) is 0 Å². The van der Waals surface area contributed by atoms with Gasteiger partial charge in [-0.2, -0.15) is 5.10 Å². The van der Waals surface area contributed by atoms with Crippen LogP contribution in [0.4, 0.5) is 0 Å². The Hall–Kier alpha value is -1.69. The molecule has 3 rings (SSSR count). The van der Waals surface area contributed by atoms with E-state index in [0.717, 1.165) is 52.1 Å². The van der Waals surface area contributed by atoms with E-state index in [1.807, 2.05) is 23.1 Å². The van der Waals surface area contributed by atoms with Gasteiger partial charge >= 0.3 is 0 Å². The Bertz CT molecular complexity index is 611. The van der Waals surface area contributed by atoms with Crippen molar-refractivity contribution in [3.63, 3.8) is 0 Å². The number of benzene rings is 1. The van der Waals surface area contributed by atoms with E-state index in [2.05, 4.69) is 46.1 Å². The summed E-state index contributed by atoms with van der Waals surface area (Å²) in [4.78, 5) is 5.07. The predicted octanol–water partition coefficient (Wildman–Crippen LogP) is 2.15. The molecule has 0 bridgehead atoms.